The average Bonchev–Trinajstić information content (AvgIpc) is 2.51. The molecule has 4 heteroatoms. The van der Waals surface area contributed by atoms with E-state index in [1.807, 2.05) is 12.1 Å². The summed E-state index contributed by atoms with van der Waals surface area (Å²) in [6.45, 7) is 1.68. The van der Waals surface area contributed by atoms with Gasteiger partial charge >= 0.3 is 0 Å². The number of hydrogen-bond acceptors (Lipinski definition) is 3. The van der Waals surface area contributed by atoms with Gasteiger partial charge in [0.05, 0.1) is 11.4 Å². The fraction of sp³-hybridized carbons (Fsp3) is 0.0588. The molecule has 0 amide bonds. The largest absolute Gasteiger partial charge is 0.508 e. The molecular formula is C17H13FN2O. The summed E-state index contributed by atoms with van der Waals surface area (Å²) in [7, 11) is 0. The number of pyridine rings is 2. The van der Waals surface area contributed by atoms with Crippen molar-refractivity contribution in [2.45, 2.75) is 6.92 Å². The molecule has 3 aromatic rings. The van der Waals surface area contributed by atoms with Gasteiger partial charge in [-0.05, 0) is 49.4 Å². The van der Waals surface area contributed by atoms with Crippen LogP contribution >= 0.6 is 0 Å². The van der Waals surface area contributed by atoms with Crippen LogP contribution in [0.25, 0.3) is 22.5 Å². The zero-order valence-corrected chi connectivity index (χ0v) is 11.4. The SMILES string of the molecule is Cc1ccc(-c2ccc(-c3ccc(O)cc3)nc2)nc1F. The van der Waals surface area contributed by atoms with Crippen LogP contribution in [0.15, 0.2) is 54.7 Å². The number of rotatable bonds is 2. The van der Waals surface area contributed by atoms with Crippen LogP contribution in [0.4, 0.5) is 4.39 Å². The van der Waals surface area contributed by atoms with E-state index in [2.05, 4.69) is 9.97 Å². The van der Waals surface area contributed by atoms with Gasteiger partial charge in [-0.15, -0.1) is 0 Å². The Balaban J connectivity index is 1.93. The third-order valence-electron chi connectivity index (χ3n) is 3.26. The standard InChI is InChI=1S/C17H13FN2O/c1-11-2-8-16(20-17(11)18)13-5-9-15(19-10-13)12-3-6-14(21)7-4-12/h2-10,21H,1H3. The topological polar surface area (TPSA) is 46.0 Å². The van der Waals surface area contributed by atoms with Crippen LogP contribution in [0.5, 0.6) is 5.75 Å². The zero-order valence-electron chi connectivity index (χ0n) is 11.4. The van der Waals surface area contributed by atoms with E-state index in [1.54, 1.807) is 49.5 Å². The van der Waals surface area contributed by atoms with Gasteiger partial charge in [-0.25, -0.2) is 4.98 Å². The highest BCUT2D eigenvalue weighted by atomic mass is 19.1. The third-order valence-corrected chi connectivity index (χ3v) is 3.26. The molecule has 104 valence electrons. The summed E-state index contributed by atoms with van der Waals surface area (Å²) in [4.78, 5) is 8.28. The minimum atomic E-state index is -0.463. The number of hydrogen-bond donors (Lipinski definition) is 1. The van der Waals surface area contributed by atoms with E-state index in [1.165, 1.54) is 0 Å². The van der Waals surface area contributed by atoms with E-state index < -0.39 is 5.95 Å². The molecule has 21 heavy (non-hydrogen) atoms. The molecule has 0 bridgehead atoms. The van der Waals surface area contributed by atoms with Crippen molar-refractivity contribution in [1.82, 2.24) is 9.97 Å². The molecule has 0 unspecified atom stereocenters. The summed E-state index contributed by atoms with van der Waals surface area (Å²) in [6, 6.07) is 14.0. The second-order valence-electron chi connectivity index (χ2n) is 4.78. The minimum Gasteiger partial charge on any atom is -0.508 e. The molecule has 2 heterocycles. The van der Waals surface area contributed by atoms with E-state index >= 15 is 0 Å². The molecule has 1 aromatic carbocycles. The van der Waals surface area contributed by atoms with Gasteiger partial charge < -0.3 is 5.11 Å². The van der Waals surface area contributed by atoms with Crippen molar-refractivity contribution in [2.75, 3.05) is 0 Å². The van der Waals surface area contributed by atoms with Crippen LogP contribution in [0.1, 0.15) is 5.56 Å². The van der Waals surface area contributed by atoms with Crippen molar-refractivity contribution in [3.8, 4) is 28.3 Å². The van der Waals surface area contributed by atoms with Gasteiger partial charge in [0.25, 0.3) is 0 Å². The molecule has 2 aromatic heterocycles. The second kappa shape index (κ2) is 5.32. The van der Waals surface area contributed by atoms with Gasteiger partial charge in [0, 0.05) is 22.9 Å². The first-order valence-electron chi connectivity index (χ1n) is 6.52. The summed E-state index contributed by atoms with van der Waals surface area (Å²) in [5, 5.41) is 9.28. The van der Waals surface area contributed by atoms with Gasteiger partial charge in [-0.2, -0.15) is 4.39 Å². The molecule has 3 nitrogen and oxygen atoms in total. The highest BCUT2D eigenvalue weighted by Crippen LogP contribution is 2.23. The number of nitrogens with zero attached hydrogens (tertiary/aromatic N) is 2. The van der Waals surface area contributed by atoms with Gasteiger partial charge in [-0.1, -0.05) is 6.07 Å². The van der Waals surface area contributed by atoms with E-state index in [4.69, 9.17) is 0 Å². The van der Waals surface area contributed by atoms with Crippen LogP contribution in [0, 0.1) is 12.9 Å². The lowest BCUT2D eigenvalue weighted by atomic mass is 10.1. The van der Waals surface area contributed by atoms with E-state index in [0.717, 1.165) is 16.8 Å². The Labute approximate surface area is 121 Å². The maximum absolute atomic E-state index is 13.5. The highest BCUT2D eigenvalue weighted by molar-refractivity contribution is 5.65. The first kappa shape index (κ1) is 13.2. The van der Waals surface area contributed by atoms with Crippen molar-refractivity contribution in [1.29, 1.82) is 0 Å². The summed E-state index contributed by atoms with van der Waals surface area (Å²) < 4.78 is 13.5. The molecule has 0 aliphatic heterocycles. The molecule has 0 saturated carbocycles. The number of aromatic hydroxyl groups is 1. The van der Waals surface area contributed by atoms with Crippen molar-refractivity contribution in [3.63, 3.8) is 0 Å². The average molecular weight is 280 g/mol. The van der Waals surface area contributed by atoms with Gasteiger partial charge in [0.15, 0.2) is 0 Å². The Morgan fingerprint density at radius 2 is 1.52 bits per heavy atom. The smallest absolute Gasteiger partial charge is 0.216 e. The van der Waals surface area contributed by atoms with Crippen LogP contribution in [-0.2, 0) is 0 Å². The van der Waals surface area contributed by atoms with Crippen molar-refractivity contribution >= 4 is 0 Å². The Hall–Kier alpha value is -2.75. The van der Waals surface area contributed by atoms with Crippen LogP contribution in [0.3, 0.4) is 0 Å². The third kappa shape index (κ3) is 2.74. The maximum Gasteiger partial charge on any atom is 0.216 e. The Bertz CT molecular complexity index is 768. The fourth-order valence-corrected chi connectivity index (χ4v) is 2.01. The zero-order chi connectivity index (χ0) is 14.8. The fourth-order valence-electron chi connectivity index (χ4n) is 2.01. The van der Waals surface area contributed by atoms with Crippen molar-refractivity contribution < 1.29 is 9.50 Å². The predicted molar refractivity (Wildman–Crippen MR) is 79.3 cm³/mol. The van der Waals surface area contributed by atoms with Crippen LogP contribution < -0.4 is 0 Å². The Morgan fingerprint density at radius 3 is 2.14 bits per heavy atom. The van der Waals surface area contributed by atoms with E-state index in [9.17, 15) is 9.50 Å². The number of aryl methyl sites for hydroxylation is 1. The molecule has 3 rings (SSSR count). The molecule has 0 fully saturated rings. The summed E-state index contributed by atoms with van der Waals surface area (Å²) >= 11 is 0. The first-order valence-corrected chi connectivity index (χ1v) is 6.52. The Kier molecular flexibility index (Phi) is 3.36. The molecule has 0 atom stereocenters. The maximum atomic E-state index is 13.5. The summed E-state index contributed by atoms with van der Waals surface area (Å²) in [5.74, 6) is -0.246. The quantitative estimate of drug-likeness (QED) is 0.723. The van der Waals surface area contributed by atoms with Gasteiger partial charge in [-0.3, -0.25) is 4.98 Å². The highest BCUT2D eigenvalue weighted by Gasteiger charge is 2.05. The molecule has 1 N–H and O–H groups in total. The molecule has 0 radical (unpaired) electrons. The first-order chi connectivity index (χ1) is 10.1. The number of benzene rings is 1. The Morgan fingerprint density at radius 1 is 0.857 bits per heavy atom. The lowest BCUT2D eigenvalue weighted by Gasteiger charge is -2.05. The monoisotopic (exact) mass is 280 g/mol. The molecule has 0 spiro atoms. The normalized spacial score (nSPS) is 10.6. The summed E-state index contributed by atoms with van der Waals surface area (Å²) in [5.41, 5.74) is 3.53. The number of phenolic OH excluding ortho intramolecular Hbond substituents is 1. The lowest BCUT2D eigenvalue weighted by molar-refractivity contribution is 0.475. The van der Waals surface area contributed by atoms with E-state index in [0.29, 0.717) is 11.3 Å². The molecular weight excluding hydrogens is 267 g/mol. The predicted octanol–water partition coefficient (Wildman–Crippen LogP) is 3.96. The lowest BCUT2D eigenvalue weighted by Crippen LogP contribution is -1.92. The van der Waals surface area contributed by atoms with E-state index in [-0.39, 0.29) is 5.75 Å². The minimum absolute atomic E-state index is 0.217. The van der Waals surface area contributed by atoms with Crippen molar-refractivity contribution in [3.05, 3.63) is 66.2 Å². The van der Waals surface area contributed by atoms with Crippen molar-refractivity contribution in [2.24, 2.45) is 0 Å². The number of halogens is 1. The number of phenols is 1. The molecule has 0 aliphatic rings. The van der Waals surface area contributed by atoms with Gasteiger partial charge in [0.1, 0.15) is 5.75 Å². The van der Waals surface area contributed by atoms with Gasteiger partial charge in [0.2, 0.25) is 5.95 Å². The van der Waals surface area contributed by atoms with Crippen LogP contribution in [-0.4, -0.2) is 15.1 Å². The number of aromatic nitrogens is 2. The molecule has 0 aliphatic carbocycles. The van der Waals surface area contributed by atoms with Crippen LogP contribution in [0.2, 0.25) is 0 Å². The second-order valence-corrected chi connectivity index (χ2v) is 4.78. The summed E-state index contributed by atoms with van der Waals surface area (Å²) in [6.07, 6.45) is 1.67. The molecule has 0 saturated heterocycles.